The van der Waals surface area contributed by atoms with Gasteiger partial charge in [0.1, 0.15) is 29.3 Å². The van der Waals surface area contributed by atoms with Gasteiger partial charge in [0.25, 0.3) is 0 Å². The molecule has 0 saturated heterocycles. The van der Waals surface area contributed by atoms with Crippen LogP contribution in [0, 0.1) is 11.6 Å². The maximum absolute atomic E-state index is 13.2. The number of benzene rings is 1. The van der Waals surface area contributed by atoms with E-state index in [9.17, 15) is 18.4 Å². The topological polar surface area (TPSA) is 93.2 Å². The molecule has 1 aromatic heterocycles. The molecule has 2 N–H and O–H groups in total. The summed E-state index contributed by atoms with van der Waals surface area (Å²) in [6, 6.07) is 2.06. The average molecular weight is 384 g/mol. The standard InChI is InChI=1S/C16H18F2N4O3S/c1-3-12(15(24)20-16-22-21-14(26-16)8-25-2)19-13(23)6-9-4-10(17)7-11(18)5-9/h4-5,7,12H,3,6,8H2,1-2H3,(H,19,23)(H,20,22,24). The highest BCUT2D eigenvalue weighted by molar-refractivity contribution is 7.15. The number of nitrogens with zero attached hydrogens (tertiary/aromatic N) is 2. The quantitative estimate of drug-likeness (QED) is 0.727. The molecule has 0 aliphatic heterocycles. The van der Waals surface area contributed by atoms with Gasteiger partial charge in [-0.25, -0.2) is 8.78 Å². The third-order valence-corrected chi connectivity index (χ3v) is 4.12. The van der Waals surface area contributed by atoms with Gasteiger partial charge in [-0.2, -0.15) is 0 Å². The fourth-order valence-corrected chi connectivity index (χ4v) is 2.89. The van der Waals surface area contributed by atoms with Gasteiger partial charge in [0, 0.05) is 13.2 Å². The van der Waals surface area contributed by atoms with Crippen molar-refractivity contribution in [2.45, 2.75) is 32.4 Å². The summed E-state index contributed by atoms with van der Waals surface area (Å²) in [5.41, 5.74) is 0.184. The zero-order chi connectivity index (χ0) is 19.1. The van der Waals surface area contributed by atoms with Gasteiger partial charge in [-0.05, 0) is 24.1 Å². The summed E-state index contributed by atoms with van der Waals surface area (Å²) in [5, 5.41) is 13.7. The Hall–Kier alpha value is -2.46. The predicted molar refractivity (Wildman–Crippen MR) is 91.5 cm³/mol. The monoisotopic (exact) mass is 384 g/mol. The number of hydrogen-bond donors (Lipinski definition) is 2. The van der Waals surface area contributed by atoms with E-state index in [0.29, 0.717) is 16.6 Å². The van der Waals surface area contributed by atoms with Gasteiger partial charge in [0.05, 0.1) is 6.42 Å². The second-order valence-corrected chi connectivity index (χ2v) is 6.47. The molecule has 140 valence electrons. The van der Waals surface area contributed by atoms with Crippen LogP contribution in [0.2, 0.25) is 0 Å². The van der Waals surface area contributed by atoms with Crippen LogP contribution in [0.25, 0.3) is 0 Å². The maximum atomic E-state index is 13.2. The van der Waals surface area contributed by atoms with Crippen molar-refractivity contribution in [1.29, 1.82) is 0 Å². The second kappa shape index (κ2) is 9.30. The largest absolute Gasteiger partial charge is 0.377 e. The maximum Gasteiger partial charge on any atom is 0.248 e. The van der Waals surface area contributed by atoms with E-state index in [0.717, 1.165) is 29.5 Å². The Kier molecular flexibility index (Phi) is 7.10. The molecule has 0 bridgehead atoms. The Morgan fingerprint density at radius 2 is 1.92 bits per heavy atom. The van der Waals surface area contributed by atoms with E-state index < -0.39 is 29.5 Å². The molecule has 0 aliphatic rings. The third kappa shape index (κ3) is 5.81. The van der Waals surface area contributed by atoms with Gasteiger partial charge in [-0.1, -0.05) is 18.3 Å². The van der Waals surface area contributed by atoms with E-state index >= 15 is 0 Å². The first kappa shape index (κ1) is 19.9. The van der Waals surface area contributed by atoms with Crippen molar-refractivity contribution in [3.8, 4) is 0 Å². The van der Waals surface area contributed by atoms with Crippen molar-refractivity contribution in [3.63, 3.8) is 0 Å². The lowest BCUT2D eigenvalue weighted by atomic mass is 10.1. The molecule has 2 rings (SSSR count). The number of halogens is 2. The number of ether oxygens (including phenoxy) is 1. The molecule has 0 fully saturated rings. The van der Waals surface area contributed by atoms with E-state index in [1.54, 1.807) is 6.92 Å². The van der Waals surface area contributed by atoms with Crippen molar-refractivity contribution in [2.24, 2.45) is 0 Å². The van der Waals surface area contributed by atoms with E-state index in [-0.39, 0.29) is 18.6 Å². The molecule has 26 heavy (non-hydrogen) atoms. The van der Waals surface area contributed by atoms with Crippen molar-refractivity contribution in [2.75, 3.05) is 12.4 Å². The lowest BCUT2D eigenvalue weighted by Crippen LogP contribution is -2.44. The zero-order valence-electron chi connectivity index (χ0n) is 14.2. The minimum atomic E-state index is -0.810. The number of carbonyl (C=O) groups excluding carboxylic acids is 2. The van der Waals surface area contributed by atoms with Crippen molar-refractivity contribution in [1.82, 2.24) is 15.5 Å². The fourth-order valence-electron chi connectivity index (χ4n) is 2.18. The number of methoxy groups -OCH3 is 1. The van der Waals surface area contributed by atoms with Crippen LogP contribution in [0.4, 0.5) is 13.9 Å². The first-order valence-corrected chi connectivity index (χ1v) is 8.59. The molecule has 7 nitrogen and oxygen atoms in total. The molecule has 10 heteroatoms. The summed E-state index contributed by atoms with van der Waals surface area (Å²) >= 11 is 1.16. The number of nitrogens with one attached hydrogen (secondary N) is 2. The molecule has 0 spiro atoms. The minimum Gasteiger partial charge on any atom is -0.377 e. The van der Waals surface area contributed by atoms with Crippen LogP contribution in [-0.4, -0.2) is 35.2 Å². The summed E-state index contributed by atoms with van der Waals surface area (Å²) < 4.78 is 31.3. The Morgan fingerprint density at radius 3 is 2.54 bits per heavy atom. The first-order chi connectivity index (χ1) is 12.4. The van der Waals surface area contributed by atoms with Crippen molar-refractivity contribution >= 4 is 28.3 Å². The Morgan fingerprint density at radius 1 is 1.23 bits per heavy atom. The molecule has 1 unspecified atom stereocenters. The number of amides is 2. The molecule has 2 aromatic rings. The predicted octanol–water partition coefficient (Wildman–Crippen LogP) is 2.04. The molecule has 0 radical (unpaired) electrons. The lowest BCUT2D eigenvalue weighted by Gasteiger charge is -2.15. The molecule has 1 atom stereocenters. The van der Waals surface area contributed by atoms with E-state index in [1.807, 2.05) is 0 Å². The summed E-state index contributed by atoms with van der Waals surface area (Å²) in [7, 11) is 1.52. The van der Waals surface area contributed by atoms with Gasteiger partial charge >= 0.3 is 0 Å². The molecule has 0 saturated carbocycles. The lowest BCUT2D eigenvalue weighted by molar-refractivity contribution is -0.126. The highest BCUT2D eigenvalue weighted by Crippen LogP contribution is 2.16. The smallest absolute Gasteiger partial charge is 0.248 e. The normalized spacial score (nSPS) is 11.8. The molecule has 0 aliphatic carbocycles. The molecular weight excluding hydrogens is 366 g/mol. The van der Waals surface area contributed by atoms with E-state index in [2.05, 4.69) is 20.8 Å². The van der Waals surface area contributed by atoms with Gasteiger partial charge in [-0.15, -0.1) is 10.2 Å². The van der Waals surface area contributed by atoms with Gasteiger partial charge in [-0.3, -0.25) is 14.9 Å². The number of anilines is 1. The highest BCUT2D eigenvalue weighted by Gasteiger charge is 2.20. The number of aromatic nitrogens is 2. The fraction of sp³-hybridized carbons (Fsp3) is 0.375. The van der Waals surface area contributed by atoms with Crippen molar-refractivity contribution in [3.05, 3.63) is 40.4 Å². The molecular formula is C16H18F2N4O3S. The number of hydrogen-bond acceptors (Lipinski definition) is 6. The second-order valence-electron chi connectivity index (χ2n) is 5.41. The minimum absolute atomic E-state index is 0.184. The summed E-state index contributed by atoms with van der Waals surface area (Å²) in [6.07, 6.45) is 0.0913. The zero-order valence-corrected chi connectivity index (χ0v) is 15.0. The van der Waals surface area contributed by atoms with Crippen LogP contribution in [-0.2, 0) is 27.4 Å². The van der Waals surface area contributed by atoms with Crippen LogP contribution >= 0.6 is 11.3 Å². The van der Waals surface area contributed by atoms with Crippen LogP contribution < -0.4 is 10.6 Å². The average Bonchev–Trinajstić information content (AvgIpc) is 2.99. The van der Waals surface area contributed by atoms with Gasteiger partial charge in [0.2, 0.25) is 16.9 Å². The van der Waals surface area contributed by atoms with Crippen LogP contribution in [0.1, 0.15) is 23.9 Å². The number of carbonyl (C=O) groups is 2. The Bertz CT molecular complexity index is 764. The SMILES string of the molecule is CCC(NC(=O)Cc1cc(F)cc(F)c1)C(=O)Nc1nnc(COC)s1. The van der Waals surface area contributed by atoms with Crippen LogP contribution in [0.15, 0.2) is 18.2 Å². The third-order valence-electron chi connectivity index (χ3n) is 3.31. The van der Waals surface area contributed by atoms with E-state index in [1.165, 1.54) is 7.11 Å². The number of rotatable bonds is 8. The molecule has 1 heterocycles. The van der Waals surface area contributed by atoms with Gasteiger partial charge in [0.15, 0.2) is 0 Å². The van der Waals surface area contributed by atoms with Crippen LogP contribution in [0.3, 0.4) is 0 Å². The van der Waals surface area contributed by atoms with Crippen LogP contribution in [0.5, 0.6) is 0 Å². The summed E-state index contributed by atoms with van der Waals surface area (Å²) in [6.45, 7) is 2.01. The van der Waals surface area contributed by atoms with E-state index in [4.69, 9.17) is 4.74 Å². The summed E-state index contributed by atoms with van der Waals surface area (Å²) in [5.74, 6) is -2.50. The highest BCUT2D eigenvalue weighted by atomic mass is 32.1. The molecule has 1 aromatic carbocycles. The molecule has 2 amide bonds. The van der Waals surface area contributed by atoms with Gasteiger partial charge < -0.3 is 10.1 Å². The first-order valence-electron chi connectivity index (χ1n) is 7.77. The summed E-state index contributed by atoms with van der Waals surface area (Å²) in [4.78, 5) is 24.3. The Labute approximate surface area is 152 Å². The Balaban J connectivity index is 1.93. The van der Waals surface area contributed by atoms with Crippen molar-refractivity contribution < 1.29 is 23.1 Å².